The van der Waals surface area contributed by atoms with Crippen molar-refractivity contribution in [1.29, 1.82) is 0 Å². The third-order valence-electron chi connectivity index (χ3n) is 6.43. The molecule has 0 bridgehead atoms. The highest BCUT2D eigenvalue weighted by Crippen LogP contribution is 2.33. The standard InChI is InChI=1S/C24H28N2O3/c1-16-5-4-6-22(17(16)2)26-15-20(13-23(26)27)24(28)25-12-11-19(14-25)18-7-9-21(29-3)10-8-18/h4-10,19-20H,11-15H2,1-3H3. The van der Waals surface area contributed by atoms with Crippen molar-refractivity contribution in [2.45, 2.75) is 32.6 Å². The van der Waals surface area contributed by atoms with Crippen LogP contribution in [0.5, 0.6) is 5.75 Å². The average molecular weight is 392 g/mol. The number of carbonyl (C=O) groups is 2. The number of methoxy groups -OCH3 is 1. The first-order valence-electron chi connectivity index (χ1n) is 10.3. The number of carbonyl (C=O) groups excluding carboxylic acids is 2. The Kier molecular flexibility index (Phi) is 5.31. The fraction of sp³-hybridized carbons (Fsp3) is 0.417. The van der Waals surface area contributed by atoms with Crippen LogP contribution in [0.2, 0.25) is 0 Å². The number of amides is 2. The molecule has 2 aromatic rings. The maximum Gasteiger partial charge on any atom is 0.228 e. The van der Waals surface area contributed by atoms with Crippen LogP contribution in [0.25, 0.3) is 0 Å². The number of rotatable bonds is 4. The summed E-state index contributed by atoms with van der Waals surface area (Å²) in [6, 6.07) is 14.1. The van der Waals surface area contributed by atoms with E-state index in [0.717, 1.165) is 42.1 Å². The van der Waals surface area contributed by atoms with Crippen LogP contribution >= 0.6 is 0 Å². The molecule has 2 atom stereocenters. The molecule has 0 N–H and O–H groups in total. The second-order valence-electron chi connectivity index (χ2n) is 8.17. The van der Waals surface area contributed by atoms with Crippen LogP contribution in [0.1, 0.15) is 35.4 Å². The molecular formula is C24H28N2O3. The van der Waals surface area contributed by atoms with Crippen molar-refractivity contribution in [2.75, 3.05) is 31.6 Å². The van der Waals surface area contributed by atoms with Crippen molar-refractivity contribution in [1.82, 2.24) is 4.90 Å². The second-order valence-corrected chi connectivity index (χ2v) is 8.17. The van der Waals surface area contributed by atoms with Gasteiger partial charge in [0.15, 0.2) is 0 Å². The maximum atomic E-state index is 13.1. The van der Waals surface area contributed by atoms with Gasteiger partial charge in [0.05, 0.1) is 13.0 Å². The first-order valence-corrected chi connectivity index (χ1v) is 10.3. The summed E-state index contributed by atoms with van der Waals surface area (Å²) in [5.41, 5.74) is 4.44. The minimum atomic E-state index is -0.253. The van der Waals surface area contributed by atoms with Crippen LogP contribution in [0.15, 0.2) is 42.5 Å². The summed E-state index contributed by atoms with van der Waals surface area (Å²) in [7, 11) is 1.66. The molecular weight excluding hydrogens is 364 g/mol. The van der Waals surface area contributed by atoms with Crippen molar-refractivity contribution in [2.24, 2.45) is 5.92 Å². The molecule has 2 fully saturated rings. The Morgan fingerprint density at radius 3 is 2.55 bits per heavy atom. The highest BCUT2D eigenvalue weighted by Gasteiger charge is 2.39. The molecule has 0 radical (unpaired) electrons. The summed E-state index contributed by atoms with van der Waals surface area (Å²) in [6.07, 6.45) is 1.26. The number of anilines is 1. The second kappa shape index (κ2) is 7.90. The van der Waals surface area contributed by atoms with Gasteiger partial charge in [-0.2, -0.15) is 0 Å². The predicted octanol–water partition coefficient (Wildman–Crippen LogP) is 3.68. The van der Waals surface area contributed by atoms with E-state index < -0.39 is 0 Å². The molecule has 152 valence electrons. The SMILES string of the molecule is COc1ccc(C2CCN(C(=O)C3CC(=O)N(c4cccc(C)c4C)C3)C2)cc1. The van der Waals surface area contributed by atoms with E-state index in [-0.39, 0.29) is 17.7 Å². The lowest BCUT2D eigenvalue weighted by atomic mass is 9.98. The third kappa shape index (κ3) is 3.74. The molecule has 29 heavy (non-hydrogen) atoms. The monoisotopic (exact) mass is 392 g/mol. The lowest BCUT2D eigenvalue weighted by molar-refractivity contribution is -0.134. The molecule has 0 spiro atoms. The quantitative estimate of drug-likeness (QED) is 0.798. The normalized spacial score (nSPS) is 21.7. The van der Waals surface area contributed by atoms with Crippen molar-refractivity contribution in [3.63, 3.8) is 0 Å². The summed E-state index contributed by atoms with van der Waals surface area (Å²) in [5.74, 6) is 1.09. The lowest BCUT2D eigenvalue weighted by Gasteiger charge is -2.22. The van der Waals surface area contributed by atoms with Gasteiger partial charge in [0.1, 0.15) is 5.75 Å². The molecule has 0 aromatic heterocycles. The molecule has 5 nitrogen and oxygen atoms in total. The van der Waals surface area contributed by atoms with E-state index in [0.29, 0.717) is 18.9 Å². The number of nitrogens with zero attached hydrogens (tertiary/aromatic N) is 2. The fourth-order valence-corrected chi connectivity index (χ4v) is 4.50. The van der Waals surface area contributed by atoms with Crippen LogP contribution in [0.4, 0.5) is 5.69 Å². The Bertz CT molecular complexity index is 922. The van der Waals surface area contributed by atoms with Gasteiger partial charge in [0.25, 0.3) is 0 Å². The third-order valence-corrected chi connectivity index (χ3v) is 6.43. The molecule has 2 aliphatic heterocycles. The van der Waals surface area contributed by atoms with Gasteiger partial charge in [-0.05, 0) is 55.2 Å². The number of ether oxygens (including phenoxy) is 1. The predicted molar refractivity (Wildman–Crippen MR) is 113 cm³/mol. The van der Waals surface area contributed by atoms with Crippen molar-refractivity contribution >= 4 is 17.5 Å². The molecule has 2 aromatic carbocycles. The maximum absolute atomic E-state index is 13.1. The number of aryl methyl sites for hydroxylation is 1. The summed E-state index contributed by atoms with van der Waals surface area (Å²) >= 11 is 0. The van der Waals surface area contributed by atoms with Crippen molar-refractivity contribution in [3.05, 3.63) is 59.2 Å². The van der Waals surface area contributed by atoms with Crippen LogP contribution in [-0.4, -0.2) is 43.5 Å². The number of benzene rings is 2. The fourth-order valence-electron chi connectivity index (χ4n) is 4.50. The van der Waals surface area contributed by atoms with Crippen LogP contribution in [0, 0.1) is 19.8 Å². The van der Waals surface area contributed by atoms with E-state index in [1.54, 1.807) is 12.0 Å². The topological polar surface area (TPSA) is 49.9 Å². The number of hydrogen-bond acceptors (Lipinski definition) is 3. The molecule has 2 heterocycles. The first-order chi connectivity index (χ1) is 14.0. The average Bonchev–Trinajstić information content (AvgIpc) is 3.37. The lowest BCUT2D eigenvalue weighted by Crippen LogP contribution is -2.36. The van der Waals surface area contributed by atoms with E-state index in [4.69, 9.17) is 4.74 Å². The molecule has 0 saturated carbocycles. The zero-order valence-electron chi connectivity index (χ0n) is 17.4. The van der Waals surface area contributed by atoms with Crippen LogP contribution in [-0.2, 0) is 9.59 Å². The highest BCUT2D eigenvalue weighted by molar-refractivity contribution is 6.01. The Morgan fingerprint density at radius 1 is 1.07 bits per heavy atom. The molecule has 0 aliphatic carbocycles. The zero-order valence-corrected chi connectivity index (χ0v) is 17.4. The van der Waals surface area contributed by atoms with Gasteiger partial charge in [-0.25, -0.2) is 0 Å². The molecule has 2 aliphatic rings. The number of hydrogen-bond donors (Lipinski definition) is 0. The van der Waals surface area contributed by atoms with E-state index in [2.05, 4.69) is 12.1 Å². The summed E-state index contributed by atoms with van der Waals surface area (Å²) < 4.78 is 5.23. The molecule has 5 heteroatoms. The Hall–Kier alpha value is -2.82. The molecule has 4 rings (SSSR count). The van der Waals surface area contributed by atoms with E-state index in [1.165, 1.54) is 5.56 Å². The summed E-state index contributed by atoms with van der Waals surface area (Å²) in [5, 5.41) is 0. The van der Waals surface area contributed by atoms with E-state index in [1.807, 2.05) is 49.1 Å². The van der Waals surface area contributed by atoms with E-state index in [9.17, 15) is 9.59 Å². The largest absolute Gasteiger partial charge is 0.497 e. The summed E-state index contributed by atoms with van der Waals surface area (Å²) in [6.45, 7) is 6.03. The van der Waals surface area contributed by atoms with Gasteiger partial charge in [-0.15, -0.1) is 0 Å². The minimum Gasteiger partial charge on any atom is -0.497 e. The molecule has 2 amide bonds. The molecule has 2 unspecified atom stereocenters. The van der Waals surface area contributed by atoms with E-state index >= 15 is 0 Å². The Labute approximate surface area is 172 Å². The summed E-state index contributed by atoms with van der Waals surface area (Å²) in [4.78, 5) is 29.5. The smallest absolute Gasteiger partial charge is 0.228 e. The van der Waals surface area contributed by atoms with Crippen molar-refractivity contribution in [3.8, 4) is 5.75 Å². The van der Waals surface area contributed by atoms with Gasteiger partial charge in [-0.3, -0.25) is 9.59 Å². The Morgan fingerprint density at radius 2 is 1.83 bits per heavy atom. The van der Waals surface area contributed by atoms with Gasteiger partial charge in [-0.1, -0.05) is 24.3 Å². The Balaban J connectivity index is 1.42. The minimum absolute atomic E-state index is 0.0444. The van der Waals surface area contributed by atoms with Crippen LogP contribution < -0.4 is 9.64 Å². The first kappa shape index (κ1) is 19.5. The van der Waals surface area contributed by atoms with Gasteiger partial charge in [0.2, 0.25) is 11.8 Å². The zero-order chi connectivity index (χ0) is 20.5. The van der Waals surface area contributed by atoms with Gasteiger partial charge >= 0.3 is 0 Å². The van der Waals surface area contributed by atoms with Crippen LogP contribution in [0.3, 0.4) is 0 Å². The number of likely N-dealkylation sites (tertiary alicyclic amines) is 1. The van der Waals surface area contributed by atoms with Crippen molar-refractivity contribution < 1.29 is 14.3 Å². The highest BCUT2D eigenvalue weighted by atomic mass is 16.5. The van der Waals surface area contributed by atoms with Gasteiger partial charge < -0.3 is 14.5 Å². The van der Waals surface area contributed by atoms with Gasteiger partial charge in [0, 0.05) is 37.7 Å². The molecule has 2 saturated heterocycles.